The summed E-state index contributed by atoms with van der Waals surface area (Å²) in [5, 5.41) is 9.05. The number of amides is 1. The van der Waals surface area contributed by atoms with Crippen LogP contribution in [0.5, 0.6) is 0 Å². The Morgan fingerprint density at radius 3 is 2.50 bits per heavy atom. The van der Waals surface area contributed by atoms with E-state index in [2.05, 4.69) is 20.9 Å². The van der Waals surface area contributed by atoms with Gasteiger partial charge in [-0.2, -0.15) is 0 Å². The SMILES string of the molecule is CCNC(=O)c1cccc(CN=C(NCC)NCc2ccccc2F)c1. The molecule has 0 aliphatic heterocycles. The zero-order valence-corrected chi connectivity index (χ0v) is 15.2. The maximum atomic E-state index is 13.7. The molecule has 0 spiro atoms. The Morgan fingerprint density at radius 1 is 1.00 bits per heavy atom. The van der Waals surface area contributed by atoms with E-state index in [4.69, 9.17) is 0 Å². The van der Waals surface area contributed by atoms with Gasteiger partial charge in [0.25, 0.3) is 5.91 Å². The second-order valence-corrected chi connectivity index (χ2v) is 5.70. The number of nitrogens with zero attached hydrogens (tertiary/aromatic N) is 1. The van der Waals surface area contributed by atoms with E-state index in [0.29, 0.717) is 43.3 Å². The monoisotopic (exact) mass is 356 g/mol. The van der Waals surface area contributed by atoms with Gasteiger partial charge in [0.1, 0.15) is 5.82 Å². The first-order valence-electron chi connectivity index (χ1n) is 8.76. The molecule has 5 nitrogen and oxygen atoms in total. The number of carbonyl (C=O) groups is 1. The summed E-state index contributed by atoms with van der Waals surface area (Å²) < 4.78 is 13.7. The van der Waals surface area contributed by atoms with E-state index in [1.54, 1.807) is 24.3 Å². The fourth-order valence-corrected chi connectivity index (χ4v) is 2.41. The normalized spacial score (nSPS) is 11.1. The molecule has 1 amide bonds. The average Bonchev–Trinajstić information content (AvgIpc) is 2.65. The Labute approximate surface area is 153 Å². The molecular formula is C20H25FN4O. The van der Waals surface area contributed by atoms with Gasteiger partial charge in [-0.25, -0.2) is 9.38 Å². The third-order valence-electron chi connectivity index (χ3n) is 3.69. The molecule has 0 atom stereocenters. The van der Waals surface area contributed by atoms with Crippen molar-refractivity contribution in [1.82, 2.24) is 16.0 Å². The van der Waals surface area contributed by atoms with Crippen LogP contribution in [0.15, 0.2) is 53.5 Å². The number of aliphatic imine (C=N–C) groups is 1. The third kappa shape index (κ3) is 5.88. The molecule has 0 fully saturated rings. The summed E-state index contributed by atoms with van der Waals surface area (Å²) in [6.07, 6.45) is 0. The second-order valence-electron chi connectivity index (χ2n) is 5.70. The van der Waals surface area contributed by atoms with Gasteiger partial charge in [0, 0.05) is 30.8 Å². The lowest BCUT2D eigenvalue weighted by atomic mass is 10.1. The average molecular weight is 356 g/mol. The van der Waals surface area contributed by atoms with E-state index in [9.17, 15) is 9.18 Å². The van der Waals surface area contributed by atoms with Crippen LogP contribution in [0.4, 0.5) is 4.39 Å². The molecule has 2 aromatic carbocycles. The van der Waals surface area contributed by atoms with Crippen molar-refractivity contribution in [2.24, 2.45) is 4.99 Å². The summed E-state index contributed by atoms with van der Waals surface area (Å²) in [4.78, 5) is 16.4. The minimum Gasteiger partial charge on any atom is -0.357 e. The molecule has 0 bridgehead atoms. The number of nitrogens with one attached hydrogen (secondary N) is 3. The molecule has 0 radical (unpaired) electrons. The summed E-state index contributed by atoms with van der Waals surface area (Å²) in [6.45, 7) is 5.90. The molecule has 0 aromatic heterocycles. The van der Waals surface area contributed by atoms with Crippen LogP contribution in [0.2, 0.25) is 0 Å². The maximum Gasteiger partial charge on any atom is 0.251 e. The lowest BCUT2D eigenvalue weighted by molar-refractivity contribution is 0.0955. The molecule has 0 saturated carbocycles. The Morgan fingerprint density at radius 2 is 1.77 bits per heavy atom. The number of hydrogen-bond acceptors (Lipinski definition) is 2. The topological polar surface area (TPSA) is 65.5 Å². The van der Waals surface area contributed by atoms with E-state index < -0.39 is 0 Å². The zero-order chi connectivity index (χ0) is 18.8. The van der Waals surface area contributed by atoms with Gasteiger partial charge in [0.05, 0.1) is 6.54 Å². The number of hydrogen-bond donors (Lipinski definition) is 3. The summed E-state index contributed by atoms with van der Waals surface area (Å²) in [7, 11) is 0. The first-order valence-corrected chi connectivity index (χ1v) is 8.76. The van der Waals surface area contributed by atoms with E-state index in [1.165, 1.54) is 6.07 Å². The lowest BCUT2D eigenvalue weighted by Gasteiger charge is -2.12. The zero-order valence-electron chi connectivity index (χ0n) is 15.2. The summed E-state index contributed by atoms with van der Waals surface area (Å²) in [5.41, 5.74) is 2.12. The van der Waals surface area contributed by atoms with Crippen LogP contribution in [0.1, 0.15) is 35.3 Å². The van der Waals surface area contributed by atoms with Crippen molar-refractivity contribution in [3.05, 3.63) is 71.0 Å². The molecule has 2 aromatic rings. The van der Waals surface area contributed by atoms with Crippen molar-refractivity contribution < 1.29 is 9.18 Å². The molecule has 0 aliphatic carbocycles. The first-order chi connectivity index (χ1) is 12.6. The largest absolute Gasteiger partial charge is 0.357 e. The Kier molecular flexibility index (Phi) is 7.61. The quantitative estimate of drug-likeness (QED) is 0.528. The van der Waals surface area contributed by atoms with Crippen LogP contribution >= 0.6 is 0 Å². The minimum atomic E-state index is -0.245. The second kappa shape index (κ2) is 10.2. The molecule has 0 heterocycles. The highest BCUT2D eigenvalue weighted by molar-refractivity contribution is 5.94. The van der Waals surface area contributed by atoms with Gasteiger partial charge in [0.15, 0.2) is 5.96 Å². The molecule has 6 heteroatoms. The summed E-state index contributed by atoms with van der Waals surface area (Å²) in [5.74, 6) is 0.257. The van der Waals surface area contributed by atoms with Crippen molar-refractivity contribution in [2.75, 3.05) is 13.1 Å². The highest BCUT2D eigenvalue weighted by Gasteiger charge is 2.05. The molecular weight excluding hydrogens is 331 g/mol. The fraction of sp³-hybridized carbons (Fsp3) is 0.300. The van der Waals surface area contributed by atoms with Crippen LogP contribution < -0.4 is 16.0 Å². The molecule has 0 saturated heterocycles. The van der Waals surface area contributed by atoms with Gasteiger partial charge in [-0.1, -0.05) is 30.3 Å². The molecule has 0 unspecified atom stereocenters. The van der Waals surface area contributed by atoms with Crippen LogP contribution in [-0.4, -0.2) is 25.0 Å². The predicted molar refractivity (Wildman–Crippen MR) is 103 cm³/mol. The van der Waals surface area contributed by atoms with Crippen LogP contribution in [0.3, 0.4) is 0 Å². The summed E-state index contributed by atoms with van der Waals surface area (Å²) >= 11 is 0. The Balaban J connectivity index is 2.03. The van der Waals surface area contributed by atoms with Crippen LogP contribution in [0, 0.1) is 5.82 Å². The molecule has 2 rings (SSSR count). The van der Waals surface area contributed by atoms with Crippen molar-refractivity contribution >= 4 is 11.9 Å². The van der Waals surface area contributed by atoms with Crippen LogP contribution in [-0.2, 0) is 13.1 Å². The van der Waals surface area contributed by atoms with Crippen molar-refractivity contribution in [1.29, 1.82) is 0 Å². The first kappa shape index (κ1) is 19.4. The van der Waals surface area contributed by atoms with E-state index in [-0.39, 0.29) is 11.7 Å². The number of halogens is 1. The van der Waals surface area contributed by atoms with Gasteiger partial charge >= 0.3 is 0 Å². The summed E-state index contributed by atoms with van der Waals surface area (Å²) in [6, 6.07) is 14.0. The number of guanidine groups is 1. The smallest absolute Gasteiger partial charge is 0.251 e. The van der Waals surface area contributed by atoms with Gasteiger partial charge in [-0.3, -0.25) is 4.79 Å². The predicted octanol–water partition coefficient (Wildman–Crippen LogP) is 2.83. The molecule has 0 aliphatic rings. The number of benzene rings is 2. The standard InChI is InChI=1S/C20H25FN4O/c1-3-22-19(26)16-10-7-8-15(12-16)13-24-20(23-4-2)25-14-17-9-5-6-11-18(17)21/h5-12H,3-4,13-14H2,1-2H3,(H,22,26)(H2,23,24,25). The minimum absolute atomic E-state index is 0.0945. The van der Waals surface area contributed by atoms with E-state index >= 15 is 0 Å². The highest BCUT2D eigenvalue weighted by atomic mass is 19.1. The Bertz CT molecular complexity index is 761. The third-order valence-corrected chi connectivity index (χ3v) is 3.69. The van der Waals surface area contributed by atoms with Crippen molar-refractivity contribution in [2.45, 2.75) is 26.9 Å². The lowest BCUT2D eigenvalue weighted by Crippen LogP contribution is -2.37. The maximum absolute atomic E-state index is 13.7. The highest BCUT2D eigenvalue weighted by Crippen LogP contribution is 2.08. The fourth-order valence-electron chi connectivity index (χ4n) is 2.41. The van der Waals surface area contributed by atoms with E-state index in [0.717, 1.165) is 5.56 Å². The number of carbonyl (C=O) groups excluding carboxylic acids is 1. The van der Waals surface area contributed by atoms with Gasteiger partial charge in [0.2, 0.25) is 0 Å². The van der Waals surface area contributed by atoms with Gasteiger partial charge < -0.3 is 16.0 Å². The molecule has 26 heavy (non-hydrogen) atoms. The molecule has 138 valence electrons. The molecule has 3 N–H and O–H groups in total. The van der Waals surface area contributed by atoms with Crippen molar-refractivity contribution in [3.8, 4) is 0 Å². The van der Waals surface area contributed by atoms with Crippen molar-refractivity contribution in [3.63, 3.8) is 0 Å². The van der Waals surface area contributed by atoms with Crippen LogP contribution in [0.25, 0.3) is 0 Å². The Hall–Kier alpha value is -2.89. The van der Waals surface area contributed by atoms with Gasteiger partial charge in [-0.15, -0.1) is 0 Å². The van der Waals surface area contributed by atoms with Gasteiger partial charge in [-0.05, 0) is 37.6 Å². The van der Waals surface area contributed by atoms with E-state index in [1.807, 2.05) is 32.0 Å². The number of rotatable bonds is 7.